The zero-order chi connectivity index (χ0) is 14.8. The van der Waals surface area contributed by atoms with Crippen LogP contribution in [0.25, 0.3) is 0 Å². The molecule has 1 aromatic rings. The molecule has 0 saturated heterocycles. The van der Waals surface area contributed by atoms with Crippen molar-refractivity contribution in [1.82, 2.24) is 5.32 Å². The number of carbonyl (C=O) groups is 1. The highest BCUT2D eigenvalue weighted by Gasteiger charge is 2.09. The van der Waals surface area contributed by atoms with Gasteiger partial charge in [0.25, 0.3) is 0 Å². The van der Waals surface area contributed by atoms with Crippen LogP contribution in [0.3, 0.4) is 0 Å². The molecule has 1 unspecified atom stereocenters. The average molecular weight is 275 g/mol. The van der Waals surface area contributed by atoms with Crippen LogP contribution in [0.15, 0.2) is 24.3 Å². The Bertz CT molecular complexity index is 488. The van der Waals surface area contributed by atoms with E-state index in [-0.39, 0.29) is 18.6 Å². The van der Waals surface area contributed by atoms with Gasteiger partial charge in [0.05, 0.1) is 6.04 Å². The van der Waals surface area contributed by atoms with Crippen LogP contribution in [0.5, 0.6) is 0 Å². The van der Waals surface area contributed by atoms with E-state index in [1.54, 1.807) is 7.11 Å². The lowest BCUT2D eigenvalue weighted by molar-refractivity contribution is -0.122. The van der Waals surface area contributed by atoms with Crippen molar-refractivity contribution in [3.05, 3.63) is 35.4 Å². The van der Waals surface area contributed by atoms with Gasteiger partial charge in [-0.15, -0.1) is 0 Å². The van der Waals surface area contributed by atoms with E-state index in [0.29, 0.717) is 13.0 Å². The fourth-order valence-electron chi connectivity index (χ4n) is 1.80. The number of ether oxygens (including phenoxy) is 1. The molecular weight excluding hydrogens is 254 g/mol. The van der Waals surface area contributed by atoms with Gasteiger partial charge < -0.3 is 15.2 Å². The SMILES string of the molecule is COCCCC(=O)NC(C)c1cccc(C#CCO)c1. The van der Waals surface area contributed by atoms with Crippen molar-refractivity contribution in [3.8, 4) is 11.8 Å². The van der Waals surface area contributed by atoms with Gasteiger partial charge >= 0.3 is 0 Å². The summed E-state index contributed by atoms with van der Waals surface area (Å²) in [6.45, 7) is 2.37. The molecule has 20 heavy (non-hydrogen) atoms. The molecule has 1 rings (SSSR count). The molecule has 4 heteroatoms. The summed E-state index contributed by atoms with van der Waals surface area (Å²) in [5, 5.41) is 11.6. The Morgan fingerprint density at radius 3 is 3.00 bits per heavy atom. The number of benzene rings is 1. The van der Waals surface area contributed by atoms with Gasteiger partial charge in [0.15, 0.2) is 0 Å². The van der Waals surface area contributed by atoms with E-state index in [1.165, 1.54) is 0 Å². The maximum absolute atomic E-state index is 11.7. The van der Waals surface area contributed by atoms with Gasteiger partial charge in [0, 0.05) is 25.7 Å². The topological polar surface area (TPSA) is 58.6 Å². The molecule has 0 bridgehead atoms. The molecule has 0 fully saturated rings. The summed E-state index contributed by atoms with van der Waals surface area (Å²) in [5.74, 6) is 5.48. The molecule has 0 aliphatic carbocycles. The largest absolute Gasteiger partial charge is 0.385 e. The highest BCUT2D eigenvalue weighted by atomic mass is 16.5. The molecule has 0 aliphatic rings. The molecule has 108 valence electrons. The normalized spacial score (nSPS) is 11.3. The highest BCUT2D eigenvalue weighted by Crippen LogP contribution is 2.14. The molecule has 0 saturated carbocycles. The third-order valence-electron chi connectivity index (χ3n) is 2.83. The molecule has 0 spiro atoms. The molecule has 0 heterocycles. The summed E-state index contributed by atoms with van der Waals surface area (Å²) < 4.78 is 4.92. The molecule has 1 aromatic carbocycles. The van der Waals surface area contributed by atoms with Crippen molar-refractivity contribution < 1.29 is 14.6 Å². The minimum Gasteiger partial charge on any atom is -0.385 e. The van der Waals surface area contributed by atoms with Gasteiger partial charge in [0.1, 0.15) is 6.61 Å². The van der Waals surface area contributed by atoms with Crippen LogP contribution in [0.2, 0.25) is 0 Å². The zero-order valence-corrected chi connectivity index (χ0v) is 12.0. The second kappa shape index (κ2) is 9.13. The van der Waals surface area contributed by atoms with Crippen molar-refractivity contribution in [2.75, 3.05) is 20.3 Å². The van der Waals surface area contributed by atoms with Crippen molar-refractivity contribution in [3.63, 3.8) is 0 Å². The Labute approximate surface area is 120 Å². The minimum atomic E-state index is -0.157. The number of amides is 1. The van der Waals surface area contributed by atoms with Crippen LogP contribution in [0, 0.1) is 11.8 Å². The van der Waals surface area contributed by atoms with Crippen LogP contribution < -0.4 is 5.32 Å². The Kier molecular flexibility index (Phi) is 7.41. The van der Waals surface area contributed by atoms with Gasteiger partial charge in [-0.1, -0.05) is 24.0 Å². The molecule has 0 radical (unpaired) electrons. The first kappa shape index (κ1) is 16.2. The molecule has 1 atom stereocenters. The second-order valence-electron chi connectivity index (χ2n) is 4.47. The number of aliphatic hydroxyl groups excluding tert-OH is 1. The predicted octanol–water partition coefficient (Wildman–Crippen LogP) is 1.63. The molecule has 0 aliphatic heterocycles. The number of hydrogen-bond donors (Lipinski definition) is 2. The maximum Gasteiger partial charge on any atom is 0.220 e. The van der Waals surface area contributed by atoms with Crippen LogP contribution in [-0.4, -0.2) is 31.3 Å². The molecule has 2 N–H and O–H groups in total. The Morgan fingerprint density at radius 2 is 2.30 bits per heavy atom. The first-order valence-electron chi connectivity index (χ1n) is 6.65. The molecule has 0 aromatic heterocycles. The van der Waals surface area contributed by atoms with Gasteiger partial charge in [-0.3, -0.25) is 4.79 Å². The summed E-state index contributed by atoms with van der Waals surface area (Å²) in [5.41, 5.74) is 1.83. The summed E-state index contributed by atoms with van der Waals surface area (Å²) in [7, 11) is 1.62. The monoisotopic (exact) mass is 275 g/mol. The van der Waals surface area contributed by atoms with Crippen molar-refractivity contribution in [2.24, 2.45) is 0 Å². The third kappa shape index (κ3) is 5.87. The van der Waals surface area contributed by atoms with E-state index in [1.807, 2.05) is 31.2 Å². The Morgan fingerprint density at radius 1 is 1.50 bits per heavy atom. The quantitative estimate of drug-likeness (QED) is 0.613. The van der Waals surface area contributed by atoms with Gasteiger partial charge in [-0.25, -0.2) is 0 Å². The fraction of sp³-hybridized carbons (Fsp3) is 0.438. The fourth-order valence-corrected chi connectivity index (χ4v) is 1.80. The zero-order valence-electron chi connectivity index (χ0n) is 12.0. The van der Waals surface area contributed by atoms with E-state index < -0.39 is 0 Å². The van der Waals surface area contributed by atoms with Gasteiger partial charge in [-0.05, 0) is 31.0 Å². The molecule has 1 amide bonds. The molecular formula is C16H21NO3. The second-order valence-corrected chi connectivity index (χ2v) is 4.47. The number of nitrogens with one attached hydrogen (secondary N) is 1. The lowest BCUT2D eigenvalue weighted by atomic mass is 10.1. The minimum absolute atomic E-state index is 0.0152. The summed E-state index contributed by atoms with van der Waals surface area (Å²) in [6.07, 6.45) is 1.18. The van der Waals surface area contributed by atoms with Gasteiger partial charge in [0.2, 0.25) is 5.91 Å². The van der Waals surface area contributed by atoms with Crippen LogP contribution in [0.4, 0.5) is 0 Å². The third-order valence-corrected chi connectivity index (χ3v) is 2.83. The average Bonchev–Trinajstić information content (AvgIpc) is 2.45. The number of rotatable bonds is 6. The summed E-state index contributed by atoms with van der Waals surface area (Å²) >= 11 is 0. The van der Waals surface area contributed by atoms with Crippen molar-refractivity contribution >= 4 is 5.91 Å². The van der Waals surface area contributed by atoms with Crippen molar-refractivity contribution in [1.29, 1.82) is 0 Å². The van der Waals surface area contributed by atoms with Crippen LogP contribution in [0.1, 0.15) is 36.9 Å². The van der Waals surface area contributed by atoms with E-state index in [9.17, 15) is 4.79 Å². The smallest absolute Gasteiger partial charge is 0.220 e. The summed E-state index contributed by atoms with van der Waals surface area (Å²) in [6, 6.07) is 7.57. The van der Waals surface area contributed by atoms with Crippen molar-refractivity contribution in [2.45, 2.75) is 25.8 Å². The number of carbonyl (C=O) groups excluding carboxylic acids is 1. The number of aliphatic hydroxyl groups is 1. The number of hydrogen-bond acceptors (Lipinski definition) is 3. The first-order chi connectivity index (χ1) is 9.67. The lowest BCUT2D eigenvalue weighted by Gasteiger charge is -2.14. The Balaban J connectivity index is 2.58. The van der Waals surface area contributed by atoms with Gasteiger partial charge in [-0.2, -0.15) is 0 Å². The van der Waals surface area contributed by atoms with Crippen LogP contribution >= 0.6 is 0 Å². The first-order valence-corrected chi connectivity index (χ1v) is 6.65. The van der Waals surface area contributed by atoms with E-state index in [0.717, 1.165) is 17.5 Å². The Hall–Kier alpha value is -1.83. The maximum atomic E-state index is 11.7. The van der Waals surface area contributed by atoms with E-state index in [2.05, 4.69) is 17.2 Å². The number of methoxy groups -OCH3 is 1. The standard InChI is InChI=1S/C16H21NO3/c1-13(17-16(19)9-5-11-20-2)15-8-3-6-14(12-15)7-4-10-18/h3,6,8,12-13,18H,5,9-11H2,1-2H3,(H,17,19). The molecule has 4 nitrogen and oxygen atoms in total. The lowest BCUT2D eigenvalue weighted by Crippen LogP contribution is -2.26. The highest BCUT2D eigenvalue weighted by molar-refractivity contribution is 5.76. The van der Waals surface area contributed by atoms with Crippen LogP contribution in [-0.2, 0) is 9.53 Å². The summed E-state index contributed by atoms with van der Waals surface area (Å²) in [4.78, 5) is 11.7. The van der Waals surface area contributed by atoms with E-state index in [4.69, 9.17) is 9.84 Å². The van der Waals surface area contributed by atoms with E-state index >= 15 is 0 Å². The predicted molar refractivity (Wildman–Crippen MR) is 78.1 cm³/mol.